The molecule has 4 fully saturated rings. The molecule has 0 N–H and O–H groups in total. The molecule has 2 heterocycles. The molecule has 0 saturated heterocycles. The van der Waals surface area contributed by atoms with Gasteiger partial charge in [0.1, 0.15) is 12.6 Å². The molecule has 2 aromatic carbocycles. The van der Waals surface area contributed by atoms with Gasteiger partial charge in [-0.15, -0.1) is 0 Å². The van der Waals surface area contributed by atoms with Crippen molar-refractivity contribution in [1.82, 2.24) is 0 Å². The average Bonchev–Trinajstić information content (AvgIpc) is 3.19. The number of rotatable bonds is 2. The molecule has 0 amide bonds. The first-order chi connectivity index (χ1) is 15.1. The van der Waals surface area contributed by atoms with E-state index in [1.807, 2.05) is 6.07 Å². The monoisotopic (exact) mass is 408 g/mol. The van der Waals surface area contributed by atoms with E-state index in [9.17, 15) is 0 Å². The van der Waals surface area contributed by atoms with Crippen molar-refractivity contribution in [3.63, 3.8) is 0 Å². The largest absolute Gasteiger partial charge is 0.464 e. The fraction of sp³-hybridized carbons (Fsp3) is 0.414. The first-order valence-corrected chi connectivity index (χ1v) is 12.0. The van der Waals surface area contributed by atoms with E-state index in [0.29, 0.717) is 5.41 Å². The Morgan fingerprint density at radius 2 is 1.61 bits per heavy atom. The average molecular weight is 409 g/mol. The molecule has 8 rings (SSSR count). The van der Waals surface area contributed by atoms with Crippen LogP contribution in [-0.2, 0) is 12.5 Å². The molecule has 0 radical (unpaired) electrons. The van der Waals surface area contributed by atoms with Crippen LogP contribution in [0.25, 0.3) is 33.0 Å². The maximum atomic E-state index is 5.73. The first-order valence-electron chi connectivity index (χ1n) is 12.0. The zero-order valence-electron chi connectivity index (χ0n) is 18.5. The predicted octanol–water partition coefficient (Wildman–Crippen LogP) is 6.85. The number of hydrogen-bond acceptors (Lipinski definition) is 1. The third-order valence-corrected chi connectivity index (χ3v) is 8.84. The highest BCUT2D eigenvalue weighted by molar-refractivity contribution is 5.96. The van der Waals surface area contributed by atoms with Gasteiger partial charge in [-0.1, -0.05) is 12.1 Å². The van der Waals surface area contributed by atoms with Crippen molar-refractivity contribution < 1.29 is 8.98 Å². The van der Waals surface area contributed by atoms with Gasteiger partial charge in [-0.3, -0.25) is 0 Å². The minimum Gasteiger partial charge on any atom is -0.464 e. The number of furan rings is 1. The molecule has 4 saturated carbocycles. The van der Waals surface area contributed by atoms with Gasteiger partial charge in [0, 0.05) is 11.5 Å². The Hall–Kier alpha value is -2.61. The molecule has 0 spiro atoms. The van der Waals surface area contributed by atoms with E-state index in [0.717, 1.165) is 23.3 Å². The van der Waals surface area contributed by atoms with E-state index in [4.69, 9.17) is 4.42 Å². The number of aryl methyl sites for hydroxylation is 2. The molecule has 4 aliphatic carbocycles. The molecular weight excluding hydrogens is 378 g/mol. The summed E-state index contributed by atoms with van der Waals surface area (Å²) in [6, 6.07) is 16.2. The van der Waals surface area contributed by atoms with Crippen LogP contribution < -0.4 is 4.57 Å². The Morgan fingerprint density at radius 3 is 2.35 bits per heavy atom. The summed E-state index contributed by atoms with van der Waals surface area (Å²) in [6.45, 7) is 2.21. The standard InChI is InChI=1S/C29H30NO/c1-18-9-23-6-8-31-27(23)14-26(18)28-25-4-3-24(13-22(25)5-7-30(28)2)29-15-19-10-20(16-29)12-21(11-19)17-29/h3-9,13-14,19-21H,10-12,15-17H2,1-2H3/q+1. The third kappa shape index (κ3) is 2.60. The van der Waals surface area contributed by atoms with E-state index < -0.39 is 0 Å². The molecule has 4 bridgehead atoms. The second-order valence-electron chi connectivity index (χ2n) is 10.9. The smallest absolute Gasteiger partial charge is 0.220 e. The van der Waals surface area contributed by atoms with Crippen molar-refractivity contribution in [3.8, 4) is 11.3 Å². The van der Waals surface area contributed by atoms with Gasteiger partial charge < -0.3 is 4.42 Å². The molecular formula is C29H30NO+. The lowest BCUT2D eigenvalue weighted by Gasteiger charge is -2.57. The molecule has 156 valence electrons. The summed E-state index contributed by atoms with van der Waals surface area (Å²) in [7, 11) is 2.16. The van der Waals surface area contributed by atoms with E-state index in [1.165, 1.54) is 71.5 Å². The Balaban J connectivity index is 1.39. The van der Waals surface area contributed by atoms with E-state index in [-0.39, 0.29) is 0 Å². The molecule has 4 aromatic rings. The van der Waals surface area contributed by atoms with Gasteiger partial charge in [0.05, 0.1) is 17.2 Å². The molecule has 2 heteroatoms. The fourth-order valence-electron chi connectivity index (χ4n) is 7.88. The Morgan fingerprint density at radius 1 is 0.871 bits per heavy atom. The molecule has 2 aromatic heterocycles. The van der Waals surface area contributed by atoms with Gasteiger partial charge in [-0.25, -0.2) is 4.57 Å². The minimum absolute atomic E-state index is 0.449. The highest BCUT2D eigenvalue weighted by Crippen LogP contribution is 2.60. The number of fused-ring (bicyclic) bond motifs is 2. The zero-order valence-corrected chi connectivity index (χ0v) is 18.5. The number of benzene rings is 2. The Kier molecular flexibility index (Phi) is 3.61. The summed E-state index contributed by atoms with van der Waals surface area (Å²) in [5, 5.41) is 3.89. The van der Waals surface area contributed by atoms with Gasteiger partial charge in [-0.2, -0.15) is 0 Å². The highest BCUT2D eigenvalue weighted by Gasteiger charge is 2.51. The molecule has 2 nitrogen and oxygen atoms in total. The number of aromatic nitrogens is 1. The van der Waals surface area contributed by atoms with E-state index in [1.54, 1.807) is 11.8 Å². The van der Waals surface area contributed by atoms with Crippen LogP contribution in [0.5, 0.6) is 0 Å². The van der Waals surface area contributed by atoms with Crippen LogP contribution in [0.3, 0.4) is 0 Å². The predicted molar refractivity (Wildman–Crippen MR) is 125 cm³/mol. The summed E-state index contributed by atoms with van der Waals surface area (Å²) in [6.07, 6.45) is 12.8. The normalized spacial score (nSPS) is 29.3. The van der Waals surface area contributed by atoms with Gasteiger partial charge in [0.2, 0.25) is 5.69 Å². The summed E-state index contributed by atoms with van der Waals surface area (Å²) in [5.74, 6) is 2.94. The van der Waals surface area contributed by atoms with Crippen molar-refractivity contribution in [1.29, 1.82) is 0 Å². The summed E-state index contributed by atoms with van der Waals surface area (Å²) in [4.78, 5) is 0. The molecule has 0 atom stereocenters. The number of nitrogens with zero attached hydrogens (tertiary/aromatic N) is 1. The fourth-order valence-corrected chi connectivity index (χ4v) is 7.88. The van der Waals surface area contributed by atoms with Crippen LogP contribution in [0.4, 0.5) is 0 Å². The minimum atomic E-state index is 0.449. The van der Waals surface area contributed by atoms with Crippen molar-refractivity contribution in [3.05, 3.63) is 66.1 Å². The Labute approximate surface area is 183 Å². The number of pyridine rings is 1. The van der Waals surface area contributed by atoms with Gasteiger partial charge in [-0.05, 0) is 109 Å². The summed E-state index contributed by atoms with van der Waals surface area (Å²) < 4.78 is 8.00. The van der Waals surface area contributed by atoms with Crippen LogP contribution in [0.1, 0.15) is 49.7 Å². The summed E-state index contributed by atoms with van der Waals surface area (Å²) in [5.41, 5.74) is 6.86. The molecule has 0 unspecified atom stereocenters. The van der Waals surface area contributed by atoms with Crippen LogP contribution in [0.15, 0.2) is 59.3 Å². The third-order valence-electron chi connectivity index (χ3n) is 8.84. The quantitative estimate of drug-likeness (QED) is 0.331. The van der Waals surface area contributed by atoms with Crippen molar-refractivity contribution in [2.45, 2.75) is 50.9 Å². The number of hydrogen-bond donors (Lipinski definition) is 0. The van der Waals surface area contributed by atoms with Gasteiger partial charge >= 0.3 is 0 Å². The molecule has 31 heavy (non-hydrogen) atoms. The first kappa shape index (κ1) is 18.0. The lowest BCUT2D eigenvalue weighted by atomic mass is 9.48. The van der Waals surface area contributed by atoms with Crippen molar-refractivity contribution in [2.24, 2.45) is 24.8 Å². The maximum Gasteiger partial charge on any atom is 0.220 e. The molecule has 4 aliphatic rings. The lowest BCUT2D eigenvalue weighted by Crippen LogP contribution is -2.48. The second-order valence-corrected chi connectivity index (χ2v) is 10.9. The molecule has 0 aliphatic heterocycles. The zero-order chi connectivity index (χ0) is 20.7. The summed E-state index contributed by atoms with van der Waals surface area (Å²) >= 11 is 0. The van der Waals surface area contributed by atoms with Gasteiger partial charge in [0.25, 0.3) is 0 Å². The Bertz CT molecular complexity index is 1310. The van der Waals surface area contributed by atoms with E-state index >= 15 is 0 Å². The lowest BCUT2D eigenvalue weighted by molar-refractivity contribution is -0.659. The van der Waals surface area contributed by atoms with Crippen LogP contribution >= 0.6 is 0 Å². The topological polar surface area (TPSA) is 17.0 Å². The van der Waals surface area contributed by atoms with Crippen molar-refractivity contribution >= 4 is 21.7 Å². The van der Waals surface area contributed by atoms with E-state index in [2.05, 4.69) is 61.1 Å². The van der Waals surface area contributed by atoms with Gasteiger partial charge in [0.15, 0.2) is 6.20 Å². The van der Waals surface area contributed by atoms with Crippen LogP contribution in [0.2, 0.25) is 0 Å². The van der Waals surface area contributed by atoms with Crippen molar-refractivity contribution in [2.75, 3.05) is 0 Å². The van der Waals surface area contributed by atoms with Crippen LogP contribution in [-0.4, -0.2) is 0 Å². The van der Waals surface area contributed by atoms with Crippen LogP contribution in [0, 0.1) is 24.7 Å². The SMILES string of the molecule is Cc1cc2ccoc2cc1-c1c2ccc(C34CC5CC(CC(C5)C3)C4)cc2cc[n+]1C. The second kappa shape index (κ2) is 6.22. The highest BCUT2D eigenvalue weighted by atomic mass is 16.3. The maximum absolute atomic E-state index is 5.73.